The summed E-state index contributed by atoms with van der Waals surface area (Å²) in [5.41, 5.74) is 5.05. The fourth-order valence-electron chi connectivity index (χ4n) is 13.1. The third-order valence-corrected chi connectivity index (χ3v) is 19.9. The Kier molecular flexibility index (Phi) is 30.3. The summed E-state index contributed by atoms with van der Waals surface area (Å²) in [4.78, 5) is 141. The molecular weight excluding hydrogens is 1360 g/mol. The first-order chi connectivity index (χ1) is 47.9. The molecule has 0 spiro atoms. The summed E-state index contributed by atoms with van der Waals surface area (Å²) >= 11 is 7.56. The van der Waals surface area contributed by atoms with Crippen LogP contribution in [0, 0.1) is 50.7 Å². The molecule has 20 nitrogen and oxygen atoms in total. The van der Waals surface area contributed by atoms with Gasteiger partial charge >= 0.3 is 0 Å². The van der Waals surface area contributed by atoms with E-state index in [-0.39, 0.29) is 164 Å². The van der Waals surface area contributed by atoms with Gasteiger partial charge in [-0.3, -0.25) is 47.9 Å². The number of benzene rings is 3. The van der Waals surface area contributed by atoms with Crippen molar-refractivity contribution in [3.8, 4) is 16.5 Å². The molecule has 22 heteroatoms. The Hall–Kier alpha value is -7.51. The zero-order valence-corrected chi connectivity index (χ0v) is 67.0. The molecule has 3 saturated heterocycles. The number of aliphatic hydroxyl groups is 2. The Morgan fingerprint density at radius 2 is 0.933 bits per heavy atom. The van der Waals surface area contributed by atoms with Crippen molar-refractivity contribution in [3.63, 3.8) is 0 Å². The van der Waals surface area contributed by atoms with E-state index in [1.165, 1.54) is 14.7 Å². The molecule has 0 saturated carbocycles. The number of amides is 6. The second-order valence-corrected chi connectivity index (χ2v) is 37.0. The van der Waals surface area contributed by atoms with E-state index < -0.39 is 64.7 Å². The van der Waals surface area contributed by atoms with Crippen molar-refractivity contribution in [2.75, 3.05) is 19.6 Å². The third-order valence-electron chi connectivity index (χ3n) is 18.7. The molecule has 5 N–H and O–H groups in total. The lowest BCUT2D eigenvalue weighted by molar-refractivity contribution is -0.143. The number of β-amino-alcohol motifs (C(OH)–C–C–N with tert-alkyl or cyclic N) is 2. The summed E-state index contributed by atoms with van der Waals surface area (Å²) in [5, 5.41) is 38.9. The zero-order chi connectivity index (χ0) is 78.5. The number of nitrogens with one attached hydrogen (secondary N) is 3. The van der Waals surface area contributed by atoms with E-state index in [9.17, 15) is 58.2 Å². The van der Waals surface area contributed by atoms with Crippen LogP contribution >= 0.6 is 22.9 Å². The van der Waals surface area contributed by atoms with Crippen molar-refractivity contribution >= 4 is 81.5 Å². The number of ketones is 4. The number of thiazole rings is 1. The number of halogens is 1. The summed E-state index contributed by atoms with van der Waals surface area (Å²) in [5.74, 6) is -2.27. The van der Waals surface area contributed by atoms with E-state index >= 15 is 0 Å². The number of nitrogens with zero attached hydrogens (tertiary/aromatic N) is 5. The average Bonchev–Trinajstić information content (AvgIpc) is 1.62. The predicted molar refractivity (Wildman–Crippen MR) is 408 cm³/mol. The fourth-order valence-corrected chi connectivity index (χ4v) is 14.0. The largest absolute Gasteiger partial charge is 0.391 e. The number of aliphatic hydroxyl groups excluding tert-OH is 2. The van der Waals surface area contributed by atoms with E-state index in [4.69, 9.17) is 16.9 Å². The van der Waals surface area contributed by atoms with Crippen LogP contribution in [0.3, 0.4) is 0 Å². The smallest absolute Gasteiger partial charge is 0.246 e. The monoisotopic (exact) mass is 1470 g/mol. The Balaban J connectivity index is 0.000000281. The molecule has 6 amide bonds. The molecule has 4 heterocycles. The lowest BCUT2D eigenvalue weighted by atomic mass is 9.84. The Bertz CT molecular complexity index is 3710. The quantitative estimate of drug-likeness (QED) is 0.0489. The minimum atomic E-state index is -0.828. The molecule has 1 aromatic heterocycles. The maximum Gasteiger partial charge on any atom is 0.246 e. The summed E-state index contributed by atoms with van der Waals surface area (Å²) in [6.07, 6.45) is 0.946. The van der Waals surface area contributed by atoms with Gasteiger partial charge in [-0.2, -0.15) is 5.26 Å². The third kappa shape index (κ3) is 26.5. The molecule has 10 atom stereocenters. The van der Waals surface area contributed by atoms with Crippen LogP contribution in [-0.2, 0) is 54.4 Å². The van der Waals surface area contributed by atoms with Gasteiger partial charge in [0.05, 0.1) is 64.6 Å². The normalized spacial score (nSPS) is 19.4. The molecule has 0 radical (unpaired) electrons. The van der Waals surface area contributed by atoms with Gasteiger partial charge in [-0.15, -0.1) is 11.3 Å². The van der Waals surface area contributed by atoms with Crippen molar-refractivity contribution in [1.82, 2.24) is 35.6 Å². The highest BCUT2D eigenvalue weighted by molar-refractivity contribution is 7.13. The highest BCUT2D eigenvalue weighted by Gasteiger charge is 2.48. The number of likely N-dealkylation sites (tertiary alicyclic amines) is 3. The topological polar surface area (TPSA) is 294 Å². The molecule has 104 heavy (non-hydrogen) atoms. The van der Waals surface area contributed by atoms with Crippen LogP contribution in [0.5, 0.6) is 0 Å². The Morgan fingerprint density at radius 3 is 1.28 bits per heavy atom. The number of rotatable bonds is 22. The standard InChI is InChI=1S/C29H39N3O4S.C27H39N3O4.C26H39ClN2O4/c1-18-25(37-17-30-18)20-11-8-19(9-12-20)10-13-23(34)22-14-21(33)16-32(22)27(36)26(29(5,6)7)31-24(35)15-28(2,3)4;1-17(19-10-8-18(15-28)9-11-19)12-22(32)21-13-20(31)16-30(21)25(34)24(27(5,6)7)29-23(33)14-26(2,3)4;1-16(17-8-10-18(27)11-9-17)12-21(31)20-13-19(30)15-29(20)24(33)23(26(5,6)7)28-22(32)14-25(2,3)4/h8-9,11-12,17,22,26H,10,13-16H2,1-7H3,(H,31,35);8-11,17,20-21,24,31H,12-14,16H2,1-7H3,(H,29,33);8-11,16,19-20,23,30H,12-15H2,1-7H3,(H,28,32). The molecule has 10 unspecified atom stereocenters. The number of hydrogen-bond donors (Lipinski definition) is 5. The van der Waals surface area contributed by atoms with E-state index in [1.807, 2.05) is 199 Å². The highest BCUT2D eigenvalue weighted by atomic mass is 35.5. The second-order valence-electron chi connectivity index (χ2n) is 35.7. The van der Waals surface area contributed by atoms with E-state index in [2.05, 4.69) is 27.0 Å². The lowest BCUT2D eigenvalue weighted by Gasteiger charge is -2.36. The van der Waals surface area contributed by atoms with Crippen LogP contribution in [0.2, 0.25) is 5.02 Å². The maximum atomic E-state index is 13.6. The van der Waals surface area contributed by atoms with Crippen molar-refractivity contribution in [2.45, 2.75) is 270 Å². The van der Waals surface area contributed by atoms with Gasteiger partial charge < -0.3 is 40.9 Å². The second kappa shape index (κ2) is 36.2. The van der Waals surface area contributed by atoms with Crippen molar-refractivity contribution in [3.05, 3.63) is 111 Å². The van der Waals surface area contributed by atoms with Crippen LogP contribution in [0.25, 0.3) is 10.4 Å². The number of nitriles is 1. The van der Waals surface area contributed by atoms with Crippen LogP contribution in [-0.4, -0.2) is 157 Å². The number of carbonyl (C=O) groups excluding carboxylic acids is 10. The van der Waals surface area contributed by atoms with Gasteiger partial charge in [0.15, 0.2) is 23.1 Å². The van der Waals surface area contributed by atoms with E-state index in [0.717, 1.165) is 32.8 Å². The van der Waals surface area contributed by atoms with Crippen LogP contribution in [0.15, 0.2) is 78.3 Å². The van der Waals surface area contributed by atoms with Crippen molar-refractivity contribution in [1.29, 1.82) is 5.26 Å². The first kappa shape index (κ1) is 87.1. The molecule has 3 aliphatic heterocycles. The molecule has 0 bridgehead atoms. The molecule has 7 rings (SSSR count). The predicted octanol–water partition coefficient (Wildman–Crippen LogP) is 12.6. The number of hydrogen-bond acceptors (Lipinski definition) is 15. The highest BCUT2D eigenvalue weighted by Crippen LogP contribution is 2.35. The number of aromatic nitrogens is 1. The first-order valence-corrected chi connectivity index (χ1v) is 37.6. The van der Waals surface area contributed by atoms with E-state index in [0.29, 0.717) is 17.0 Å². The minimum Gasteiger partial charge on any atom is -0.391 e. The average molecular weight is 1470 g/mol. The first-order valence-electron chi connectivity index (χ1n) is 36.4. The molecular formula is C82H117ClN8O12S. The van der Waals surface area contributed by atoms with Crippen molar-refractivity contribution < 1.29 is 58.2 Å². The summed E-state index contributed by atoms with van der Waals surface area (Å²) in [6.45, 7) is 40.5. The number of carbonyl (C=O) groups is 10. The van der Waals surface area contributed by atoms with Crippen LogP contribution in [0.4, 0.5) is 0 Å². The van der Waals surface area contributed by atoms with Crippen molar-refractivity contribution in [2.24, 2.45) is 32.5 Å². The summed E-state index contributed by atoms with van der Waals surface area (Å²) < 4.78 is 0. The number of aryl methyl sites for hydroxylation is 2. The SMILES string of the molecule is CC(CC(=O)C1CC(O)CN1C(=O)C(NC(=O)CC(C)(C)C)C(C)(C)C)c1ccc(C#N)cc1.CC(CC(=O)C1CC(O)CN1C(=O)C(NC(=O)CC(C)(C)C)C(C)(C)C)c1ccc(Cl)cc1.Cc1ncsc1-c1ccc(CCC(=O)C2CC(=O)CN2C(=O)C(NC(=O)CC(C)(C)C)C(C)(C)C)cc1. The van der Waals surface area contributed by atoms with E-state index in [1.54, 1.807) is 35.6 Å². The molecule has 3 fully saturated rings. The molecule has 4 aromatic rings. The Labute approximate surface area is 627 Å². The molecule has 570 valence electrons. The lowest BCUT2D eigenvalue weighted by Crippen LogP contribution is -2.57. The van der Waals surface area contributed by atoms with Gasteiger partial charge in [0, 0.05) is 75.9 Å². The fraction of sp³-hybridized carbons (Fsp3) is 0.610. The van der Waals surface area contributed by atoms with Crippen LogP contribution < -0.4 is 16.0 Å². The van der Waals surface area contributed by atoms with Gasteiger partial charge in [-0.05, 0) is 104 Å². The number of Topliss-reactive ketones (excluding diaryl/α,β-unsaturated/α-hetero) is 4. The zero-order valence-electron chi connectivity index (χ0n) is 65.5. The van der Waals surface area contributed by atoms with Gasteiger partial charge in [0.2, 0.25) is 35.4 Å². The van der Waals surface area contributed by atoms with Gasteiger partial charge in [0.1, 0.15) is 18.1 Å². The molecule has 3 aromatic carbocycles. The Morgan fingerprint density at radius 1 is 0.558 bits per heavy atom. The summed E-state index contributed by atoms with van der Waals surface area (Å²) in [6, 6.07) is 20.0. The summed E-state index contributed by atoms with van der Waals surface area (Å²) in [7, 11) is 0. The van der Waals surface area contributed by atoms with Gasteiger partial charge in [-0.1, -0.05) is 199 Å². The van der Waals surface area contributed by atoms with Gasteiger partial charge in [0.25, 0.3) is 0 Å². The van der Waals surface area contributed by atoms with Gasteiger partial charge in [-0.25, -0.2) is 4.98 Å². The molecule has 3 aliphatic rings. The minimum absolute atomic E-state index is 0.0287. The maximum absolute atomic E-state index is 13.6. The van der Waals surface area contributed by atoms with Crippen LogP contribution in [0.1, 0.15) is 236 Å². The molecule has 0 aliphatic carbocycles.